The molecule has 0 bridgehead atoms. The Morgan fingerprint density at radius 3 is 2.55 bits per heavy atom. The van der Waals surface area contributed by atoms with Crippen molar-refractivity contribution in [2.24, 2.45) is 11.7 Å². The number of likely N-dealkylation sites (tertiary alicyclic amines) is 1. The van der Waals surface area contributed by atoms with E-state index in [0.717, 1.165) is 11.0 Å². The fourth-order valence-electron chi connectivity index (χ4n) is 3.30. The number of pyridine rings is 1. The summed E-state index contributed by atoms with van der Waals surface area (Å²) >= 11 is 0. The van der Waals surface area contributed by atoms with E-state index in [0.29, 0.717) is 0 Å². The highest BCUT2D eigenvalue weighted by Crippen LogP contribution is 2.32. The van der Waals surface area contributed by atoms with Gasteiger partial charge in [-0.05, 0) is 29.8 Å². The van der Waals surface area contributed by atoms with E-state index in [4.69, 9.17) is 15.0 Å². The second-order valence-corrected chi connectivity index (χ2v) is 8.76. The number of hydrogen-bond acceptors (Lipinski definition) is 6. The first-order valence-corrected chi connectivity index (χ1v) is 10.9. The lowest BCUT2D eigenvalue weighted by atomic mass is 10.1. The van der Waals surface area contributed by atoms with Crippen molar-refractivity contribution in [3.05, 3.63) is 53.2 Å². The zero-order chi connectivity index (χ0) is 23.7. The van der Waals surface area contributed by atoms with E-state index in [1.165, 1.54) is 30.3 Å². The highest BCUT2D eigenvalue weighted by molar-refractivity contribution is 7.85. The van der Waals surface area contributed by atoms with Crippen LogP contribution >= 0.6 is 12.4 Å². The van der Waals surface area contributed by atoms with Crippen molar-refractivity contribution in [3.63, 3.8) is 0 Å². The largest absolute Gasteiger partial charge is 0.439 e. The number of hydrogen-bond donors (Lipinski definition) is 2. The molecule has 0 aliphatic carbocycles. The van der Waals surface area contributed by atoms with Gasteiger partial charge in [-0.1, -0.05) is 6.07 Å². The first-order valence-electron chi connectivity index (χ1n) is 9.30. The molecule has 1 amide bonds. The Morgan fingerprint density at radius 2 is 1.94 bits per heavy atom. The fraction of sp³-hybridized carbons (Fsp3) is 0.368. The average molecular weight is 514 g/mol. The van der Waals surface area contributed by atoms with Gasteiger partial charge >= 0.3 is 6.18 Å². The molecule has 2 atom stereocenters. The van der Waals surface area contributed by atoms with Crippen LogP contribution in [0.3, 0.4) is 0 Å². The average Bonchev–Trinajstić information content (AvgIpc) is 3.05. The normalized spacial score (nSPS) is 18.7. The van der Waals surface area contributed by atoms with Gasteiger partial charge in [-0.3, -0.25) is 9.35 Å². The predicted octanol–water partition coefficient (Wildman–Crippen LogP) is 3.07. The van der Waals surface area contributed by atoms with Crippen LogP contribution in [0, 0.1) is 5.92 Å². The lowest BCUT2D eigenvalue weighted by molar-refractivity contribution is -0.141. The van der Waals surface area contributed by atoms with E-state index in [1.807, 2.05) is 0 Å². The fourth-order valence-corrected chi connectivity index (χ4v) is 4.15. The molecular weight excluding hydrogens is 494 g/mol. The molecule has 1 saturated heterocycles. The second-order valence-electron chi connectivity index (χ2n) is 7.27. The third kappa shape index (κ3) is 7.00. The van der Waals surface area contributed by atoms with Crippen LogP contribution in [-0.2, 0) is 22.8 Å². The van der Waals surface area contributed by atoms with Gasteiger partial charge in [0.25, 0.3) is 16.0 Å². The Bertz CT molecular complexity index is 1120. The van der Waals surface area contributed by atoms with E-state index in [1.54, 1.807) is 0 Å². The first-order chi connectivity index (χ1) is 14.9. The number of halogens is 5. The van der Waals surface area contributed by atoms with Crippen molar-refractivity contribution < 1.29 is 40.1 Å². The molecule has 1 aromatic carbocycles. The van der Waals surface area contributed by atoms with E-state index >= 15 is 0 Å². The van der Waals surface area contributed by atoms with Crippen molar-refractivity contribution >= 4 is 28.4 Å². The Hall–Kier alpha value is -2.48. The topological polar surface area (TPSA) is 123 Å². The van der Waals surface area contributed by atoms with Crippen molar-refractivity contribution in [2.75, 3.05) is 18.8 Å². The van der Waals surface area contributed by atoms with Gasteiger partial charge in [0.05, 0.1) is 12.3 Å². The summed E-state index contributed by atoms with van der Waals surface area (Å²) in [6.07, 6.45) is -6.34. The molecule has 0 spiro atoms. The summed E-state index contributed by atoms with van der Waals surface area (Å²) in [4.78, 5) is 17.2. The minimum atomic E-state index is -4.71. The van der Waals surface area contributed by atoms with Gasteiger partial charge in [-0.2, -0.15) is 21.6 Å². The van der Waals surface area contributed by atoms with Crippen LogP contribution in [0.4, 0.5) is 17.6 Å². The van der Waals surface area contributed by atoms with Crippen molar-refractivity contribution in [1.82, 2.24) is 9.88 Å². The van der Waals surface area contributed by atoms with Gasteiger partial charge < -0.3 is 15.4 Å². The molecule has 8 nitrogen and oxygen atoms in total. The highest BCUT2D eigenvalue weighted by Gasteiger charge is 2.38. The number of benzene rings is 1. The third-order valence-corrected chi connectivity index (χ3v) is 5.61. The van der Waals surface area contributed by atoms with Crippen LogP contribution in [0.5, 0.6) is 11.6 Å². The van der Waals surface area contributed by atoms with Crippen LogP contribution in [-0.4, -0.2) is 53.8 Å². The van der Waals surface area contributed by atoms with E-state index in [9.17, 15) is 30.8 Å². The summed E-state index contributed by atoms with van der Waals surface area (Å²) in [5.41, 5.74) is 4.45. The summed E-state index contributed by atoms with van der Waals surface area (Å²) in [5, 5.41) is 0. The van der Waals surface area contributed by atoms with E-state index in [2.05, 4.69) is 4.98 Å². The molecule has 1 aromatic heterocycles. The van der Waals surface area contributed by atoms with Crippen LogP contribution in [0.1, 0.15) is 21.6 Å². The number of alkyl halides is 4. The van der Waals surface area contributed by atoms with Crippen LogP contribution in [0.2, 0.25) is 0 Å². The summed E-state index contributed by atoms with van der Waals surface area (Å²) in [7, 11) is -4.41. The van der Waals surface area contributed by atoms with Gasteiger partial charge in [-0.25, -0.2) is 9.37 Å². The number of aromatic nitrogens is 1. The molecule has 3 rings (SSSR count). The summed E-state index contributed by atoms with van der Waals surface area (Å²) in [5.74, 6) is -2.88. The van der Waals surface area contributed by atoms with Gasteiger partial charge in [0.15, 0.2) is 0 Å². The number of carbonyl (C=O) groups excluding carboxylic acids is 1. The molecule has 1 aliphatic rings. The third-order valence-electron chi connectivity index (χ3n) is 4.76. The Labute approximate surface area is 192 Å². The lowest BCUT2D eigenvalue weighted by Crippen LogP contribution is -2.29. The number of amides is 1. The van der Waals surface area contributed by atoms with Gasteiger partial charge in [0.2, 0.25) is 5.88 Å². The smallest absolute Gasteiger partial charge is 0.433 e. The minimum Gasteiger partial charge on any atom is -0.439 e. The molecule has 2 aromatic rings. The molecule has 182 valence electrons. The SMILES string of the molecule is Cl.NCc1cc(Oc2cccc(C(=O)N3C[C@@H](CS(=O)(=O)O)[C@@H](F)C3)c2)nc(C(F)(F)F)c1. The second kappa shape index (κ2) is 10.2. The number of carbonyl (C=O) groups is 1. The molecule has 33 heavy (non-hydrogen) atoms. The molecule has 3 N–H and O–H groups in total. The van der Waals surface area contributed by atoms with Crippen molar-refractivity contribution in [3.8, 4) is 11.6 Å². The van der Waals surface area contributed by atoms with E-state index < -0.39 is 45.7 Å². The number of ether oxygens (including phenoxy) is 1. The Kier molecular flexibility index (Phi) is 8.27. The van der Waals surface area contributed by atoms with Crippen LogP contribution in [0.25, 0.3) is 0 Å². The zero-order valence-corrected chi connectivity index (χ0v) is 18.5. The quantitative estimate of drug-likeness (QED) is 0.449. The standard InChI is InChI=1S/C19H19F4N3O5S.ClH/c20-15-9-26(8-13(15)10-32(28,29)30)18(27)12-2-1-3-14(6-12)31-17-5-11(7-24)4-16(25-17)19(21,22)23;/h1-6,13,15H,7-10,24H2,(H,28,29,30);1H/t13-,15-;/m0./s1. The summed E-state index contributed by atoms with van der Waals surface area (Å²) in [6, 6.07) is 7.48. The zero-order valence-electron chi connectivity index (χ0n) is 16.8. The molecule has 1 aliphatic heterocycles. The van der Waals surface area contributed by atoms with Crippen molar-refractivity contribution in [1.29, 1.82) is 0 Å². The van der Waals surface area contributed by atoms with Crippen LogP contribution < -0.4 is 10.5 Å². The molecular formula is C19H20ClF4N3O5S. The Balaban J connectivity index is 0.00000385. The maximum atomic E-state index is 14.1. The molecule has 1 fully saturated rings. The maximum Gasteiger partial charge on any atom is 0.433 e. The minimum absolute atomic E-state index is 0. The van der Waals surface area contributed by atoms with Crippen LogP contribution in [0.15, 0.2) is 36.4 Å². The molecule has 0 radical (unpaired) electrons. The molecule has 0 saturated carbocycles. The number of nitrogens with two attached hydrogens (primary N) is 1. The highest BCUT2D eigenvalue weighted by atomic mass is 35.5. The van der Waals surface area contributed by atoms with Gasteiger partial charge in [0, 0.05) is 30.6 Å². The summed E-state index contributed by atoms with van der Waals surface area (Å²) < 4.78 is 89.6. The number of nitrogens with zero attached hydrogens (tertiary/aromatic N) is 2. The molecule has 14 heteroatoms. The monoisotopic (exact) mass is 513 g/mol. The lowest BCUT2D eigenvalue weighted by Gasteiger charge is -2.16. The predicted molar refractivity (Wildman–Crippen MR) is 112 cm³/mol. The first kappa shape index (κ1) is 26.8. The van der Waals surface area contributed by atoms with Crippen molar-refractivity contribution in [2.45, 2.75) is 18.9 Å². The maximum absolute atomic E-state index is 14.1. The Morgan fingerprint density at radius 1 is 1.24 bits per heavy atom. The number of rotatable bonds is 6. The van der Waals surface area contributed by atoms with E-state index in [-0.39, 0.29) is 54.8 Å². The van der Waals surface area contributed by atoms with Gasteiger partial charge in [0.1, 0.15) is 17.6 Å². The molecule has 2 heterocycles. The van der Waals surface area contributed by atoms with Gasteiger partial charge in [-0.15, -0.1) is 12.4 Å². The molecule has 0 unspecified atom stereocenters. The summed E-state index contributed by atoms with van der Waals surface area (Å²) in [6.45, 7) is -0.760.